The van der Waals surface area contributed by atoms with Gasteiger partial charge < -0.3 is 11.1 Å². The van der Waals surface area contributed by atoms with Crippen molar-refractivity contribution in [3.8, 4) is 0 Å². The zero-order valence-electron chi connectivity index (χ0n) is 6.40. The van der Waals surface area contributed by atoms with E-state index in [1.165, 1.54) is 17.0 Å². The normalized spacial score (nSPS) is 9.31. The van der Waals surface area contributed by atoms with Crippen molar-refractivity contribution in [2.24, 2.45) is 0 Å². The topological polar surface area (TPSA) is 113 Å². The van der Waals surface area contributed by atoms with Gasteiger partial charge in [0.2, 0.25) is 0 Å². The quantitative estimate of drug-likeness (QED) is 0.322. The molecule has 0 aliphatic heterocycles. The molecular formula is C6H6N3O3S-. The maximum Gasteiger partial charge on any atom is 0.294 e. The van der Waals surface area contributed by atoms with E-state index < -0.39 is 10.1 Å². The van der Waals surface area contributed by atoms with Gasteiger partial charge in [-0.2, -0.15) is 8.42 Å². The van der Waals surface area contributed by atoms with Gasteiger partial charge in [0.15, 0.2) is 0 Å². The standard InChI is InChI=1S/C6H6O3S.N3/c7-10(8,9)6-4-2-1-3-5-6;1-3-2/h1-5H,(H,7,8,9);/q;-1. The van der Waals surface area contributed by atoms with Crippen LogP contribution in [0.2, 0.25) is 0 Å². The van der Waals surface area contributed by atoms with Gasteiger partial charge in [-0.15, -0.1) is 0 Å². The van der Waals surface area contributed by atoms with Gasteiger partial charge in [0.25, 0.3) is 10.1 Å². The number of rotatable bonds is 1. The summed E-state index contributed by atoms with van der Waals surface area (Å²) in [6, 6.07) is 7.42. The zero-order chi connectivity index (χ0) is 10.3. The Hall–Kier alpha value is -1.56. The van der Waals surface area contributed by atoms with E-state index in [4.69, 9.17) is 15.6 Å². The first-order valence-electron chi connectivity index (χ1n) is 3.03. The highest BCUT2D eigenvalue weighted by Gasteiger charge is 2.05. The van der Waals surface area contributed by atoms with Crippen molar-refractivity contribution in [2.45, 2.75) is 4.90 Å². The van der Waals surface area contributed by atoms with Crippen molar-refractivity contribution >= 4 is 10.1 Å². The van der Waals surface area contributed by atoms with Gasteiger partial charge in [0.1, 0.15) is 0 Å². The second-order valence-corrected chi connectivity index (χ2v) is 3.30. The van der Waals surface area contributed by atoms with Crippen LogP contribution in [0.4, 0.5) is 0 Å². The number of nitrogens with zero attached hydrogens (tertiary/aromatic N) is 3. The van der Waals surface area contributed by atoms with E-state index in [1.807, 2.05) is 0 Å². The molecule has 6 nitrogen and oxygen atoms in total. The summed E-state index contributed by atoms with van der Waals surface area (Å²) in [6.07, 6.45) is 0. The summed E-state index contributed by atoms with van der Waals surface area (Å²) in [5.74, 6) is 0. The molecule has 0 spiro atoms. The van der Waals surface area contributed by atoms with Crippen LogP contribution in [0, 0.1) is 0 Å². The summed E-state index contributed by atoms with van der Waals surface area (Å²) in [5.41, 5.74) is 13.5. The van der Waals surface area contributed by atoms with Crippen LogP contribution < -0.4 is 0 Å². The molecule has 0 bridgehead atoms. The van der Waals surface area contributed by atoms with Crippen LogP contribution >= 0.6 is 0 Å². The van der Waals surface area contributed by atoms with Crippen LogP contribution in [-0.2, 0) is 10.1 Å². The fourth-order valence-corrected chi connectivity index (χ4v) is 1.09. The Morgan fingerprint density at radius 3 is 1.77 bits per heavy atom. The van der Waals surface area contributed by atoms with Crippen LogP contribution in [0.5, 0.6) is 0 Å². The average molecular weight is 200 g/mol. The van der Waals surface area contributed by atoms with Crippen molar-refractivity contribution in [3.05, 3.63) is 46.3 Å². The number of hydrogen-bond donors (Lipinski definition) is 1. The molecule has 0 saturated carbocycles. The first-order chi connectivity index (χ1) is 6.02. The molecule has 1 aromatic rings. The van der Waals surface area contributed by atoms with Crippen molar-refractivity contribution in [1.82, 2.24) is 0 Å². The average Bonchev–Trinajstić information content (AvgIpc) is 2.06. The molecule has 7 heteroatoms. The lowest BCUT2D eigenvalue weighted by Gasteiger charge is -1.92. The fourth-order valence-electron chi connectivity index (χ4n) is 0.592. The Balaban J connectivity index is 0.000000424. The summed E-state index contributed by atoms with van der Waals surface area (Å²) < 4.78 is 29.2. The van der Waals surface area contributed by atoms with Crippen LogP contribution in [-0.4, -0.2) is 13.0 Å². The highest BCUT2D eigenvalue weighted by Crippen LogP contribution is 2.05. The molecule has 1 aromatic carbocycles. The Bertz CT molecular complexity index is 381. The van der Waals surface area contributed by atoms with E-state index in [0.29, 0.717) is 0 Å². The first-order valence-corrected chi connectivity index (χ1v) is 4.47. The summed E-state index contributed by atoms with van der Waals surface area (Å²) >= 11 is 0. The van der Waals surface area contributed by atoms with Crippen molar-refractivity contribution in [3.63, 3.8) is 0 Å². The zero-order valence-corrected chi connectivity index (χ0v) is 7.22. The molecule has 1 N–H and O–H groups in total. The van der Waals surface area contributed by atoms with Gasteiger partial charge in [-0.05, 0) is 12.1 Å². The van der Waals surface area contributed by atoms with Crippen LogP contribution in [0.3, 0.4) is 0 Å². The van der Waals surface area contributed by atoms with E-state index in [2.05, 4.69) is 0 Å². The third-order valence-electron chi connectivity index (χ3n) is 1.04. The summed E-state index contributed by atoms with van der Waals surface area (Å²) in [7, 11) is -4.00. The first kappa shape index (κ1) is 11.4. The molecule has 0 heterocycles. The van der Waals surface area contributed by atoms with Crippen LogP contribution in [0.1, 0.15) is 0 Å². The minimum atomic E-state index is -4.00. The van der Waals surface area contributed by atoms with Gasteiger partial charge in [-0.25, -0.2) is 0 Å². The van der Waals surface area contributed by atoms with E-state index >= 15 is 0 Å². The Kier molecular flexibility index (Phi) is 4.53. The minimum Gasteiger partial charge on any atom is -0.373 e. The Morgan fingerprint density at radius 2 is 1.54 bits per heavy atom. The van der Waals surface area contributed by atoms with Gasteiger partial charge in [-0.1, -0.05) is 18.2 Å². The second kappa shape index (κ2) is 5.15. The molecular weight excluding hydrogens is 194 g/mol. The largest absolute Gasteiger partial charge is 0.373 e. The lowest BCUT2D eigenvalue weighted by atomic mass is 10.4. The second-order valence-electron chi connectivity index (χ2n) is 1.88. The van der Waals surface area contributed by atoms with E-state index in [9.17, 15) is 8.42 Å². The molecule has 0 atom stereocenters. The monoisotopic (exact) mass is 200 g/mol. The summed E-state index contributed by atoms with van der Waals surface area (Å²) in [5, 5.41) is 0. The molecule has 0 radical (unpaired) electrons. The highest BCUT2D eigenvalue weighted by atomic mass is 32.2. The molecule has 1 rings (SSSR count). The van der Waals surface area contributed by atoms with Gasteiger partial charge in [0.05, 0.1) is 4.90 Å². The predicted molar refractivity (Wildman–Crippen MR) is 46.3 cm³/mol. The molecule has 70 valence electrons. The molecule has 0 aliphatic carbocycles. The fraction of sp³-hybridized carbons (Fsp3) is 0. The van der Waals surface area contributed by atoms with Crippen molar-refractivity contribution in [2.75, 3.05) is 0 Å². The predicted octanol–water partition coefficient (Wildman–Crippen LogP) is 1.80. The number of hydrogen-bond acceptors (Lipinski definition) is 2. The maximum atomic E-state index is 10.4. The SMILES string of the molecule is O=S(=O)(O)c1ccccc1.[N-]=[N+]=[N-]. The molecule has 0 saturated heterocycles. The molecule has 0 aromatic heterocycles. The van der Waals surface area contributed by atoms with Gasteiger partial charge in [-0.3, -0.25) is 9.46 Å². The van der Waals surface area contributed by atoms with E-state index in [-0.39, 0.29) is 4.90 Å². The Morgan fingerprint density at radius 1 is 1.15 bits per heavy atom. The molecule has 0 amide bonds. The third-order valence-corrected chi connectivity index (χ3v) is 1.91. The molecule has 0 aliphatic rings. The maximum absolute atomic E-state index is 10.4. The van der Waals surface area contributed by atoms with E-state index in [1.54, 1.807) is 18.2 Å². The molecule has 0 fully saturated rings. The molecule has 13 heavy (non-hydrogen) atoms. The third kappa shape index (κ3) is 4.81. The van der Waals surface area contributed by atoms with Crippen molar-refractivity contribution in [1.29, 1.82) is 0 Å². The van der Waals surface area contributed by atoms with Gasteiger partial charge >= 0.3 is 0 Å². The van der Waals surface area contributed by atoms with Gasteiger partial charge in [0, 0.05) is 0 Å². The number of benzene rings is 1. The highest BCUT2D eigenvalue weighted by molar-refractivity contribution is 7.85. The summed E-state index contributed by atoms with van der Waals surface area (Å²) in [6.45, 7) is 0. The smallest absolute Gasteiger partial charge is 0.294 e. The van der Waals surface area contributed by atoms with E-state index in [0.717, 1.165) is 0 Å². The lowest BCUT2D eigenvalue weighted by molar-refractivity contribution is 0.483. The Labute approximate surface area is 75.0 Å². The minimum absolute atomic E-state index is 0.0741. The van der Waals surface area contributed by atoms with Crippen LogP contribution in [0.15, 0.2) is 35.2 Å². The van der Waals surface area contributed by atoms with Crippen LogP contribution in [0.25, 0.3) is 16.0 Å². The lowest BCUT2D eigenvalue weighted by Crippen LogP contribution is -1.96. The van der Waals surface area contributed by atoms with Crippen molar-refractivity contribution < 1.29 is 13.0 Å². The summed E-state index contributed by atoms with van der Waals surface area (Å²) in [4.78, 5) is 1.43. The molecule has 0 unspecified atom stereocenters.